The van der Waals surface area contributed by atoms with E-state index >= 15 is 0 Å². The molecule has 1 atom stereocenters. The zero-order valence-electron chi connectivity index (χ0n) is 15.7. The molecule has 0 saturated carbocycles. The number of likely N-dealkylation sites (tertiary alicyclic amines) is 1. The Morgan fingerprint density at radius 3 is 2.39 bits per heavy atom. The Hall–Kier alpha value is -2.67. The average Bonchev–Trinajstić information content (AvgIpc) is 3.23. The predicted molar refractivity (Wildman–Crippen MR) is 102 cm³/mol. The molecule has 7 heteroatoms. The zero-order chi connectivity index (χ0) is 19.9. The van der Waals surface area contributed by atoms with Crippen LogP contribution >= 0.6 is 0 Å². The summed E-state index contributed by atoms with van der Waals surface area (Å²) in [6.45, 7) is -0.782. The topological polar surface area (TPSA) is 50.8 Å². The number of halogens is 2. The van der Waals surface area contributed by atoms with Crippen LogP contribution in [0.1, 0.15) is 34.8 Å². The summed E-state index contributed by atoms with van der Waals surface area (Å²) in [7, 11) is 1.62. The van der Waals surface area contributed by atoms with Crippen LogP contribution in [0.4, 0.5) is 8.78 Å². The molecule has 1 aliphatic rings. The number of benzene rings is 2. The van der Waals surface area contributed by atoms with Crippen LogP contribution in [-0.2, 0) is 0 Å². The molecule has 0 unspecified atom stereocenters. The van der Waals surface area contributed by atoms with Crippen LogP contribution in [0.25, 0.3) is 0 Å². The Kier molecular flexibility index (Phi) is 6.81. The molecule has 150 valence electrons. The largest absolute Gasteiger partial charge is 0.496 e. The molecule has 1 aliphatic heterocycles. The number of hydrogen-bond acceptors (Lipinski definition) is 4. The van der Waals surface area contributed by atoms with Crippen molar-refractivity contribution in [3.8, 4) is 11.5 Å². The maximum atomic E-state index is 12.7. The maximum Gasteiger partial charge on any atom is 0.387 e. The van der Waals surface area contributed by atoms with E-state index in [1.807, 2.05) is 24.3 Å². The minimum Gasteiger partial charge on any atom is -0.496 e. The second kappa shape index (κ2) is 9.50. The number of nitrogens with zero attached hydrogens (tertiary/aromatic N) is 1. The molecule has 2 aromatic carbocycles. The molecule has 2 aromatic rings. The summed E-state index contributed by atoms with van der Waals surface area (Å²) >= 11 is 0. The summed E-state index contributed by atoms with van der Waals surface area (Å²) < 4.78 is 35.2. The lowest BCUT2D eigenvalue weighted by Gasteiger charge is -2.29. The highest BCUT2D eigenvalue weighted by Crippen LogP contribution is 2.31. The normalized spacial score (nSPS) is 15.4. The lowest BCUT2D eigenvalue weighted by molar-refractivity contribution is -0.0501. The van der Waals surface area contributed by atoms with Crippen LogP contribution in [0.5, 0.6) is 11.5 Å². The molecule has 0 spiro atoms. The molecule has 28 heavy (non-hydrogen) atoms. The second-order valence-corrected chi connectivity index (χ2v) is 6.59. The summed E-state index contributed by atoms with van der Waals surface area (Å²) in [5, 5.41) is 2.88. The van der Waals surface area contributed by atoms with E-state index in [2.05, 4.69) is 15.0 Å². The quantitative estimate of drug-likeness (QED) is 0.744. The first-order chi connectivity index (χ1) is 13.6. The average molecular weight is 390 g/mol. The van der Waals surface area contributed by atoms with E-state index in [1.165, 1.54) is 12.1 Å². The van der Waals surface area contributed by atoms with Crippen molar-refractivity contribution in [3.05, 3.63) is 59.7 Å². The van der Waals surface area contributed by atoms with Gasteiger partial charge in [-0.05, 0) is 44.1 Å². The second-order valence-electron chi connectivity index (χ2n) is 6.59. The van der Waals surface area contributed by atoms with E-state index in [9.17, 15) is 13.6 Å². The van der Waals surface area contributed by atoms with Gasteiger partial charge in [-0.25, -0.2) is 0 Å². The van der Waals surface area contributed by atoms with Crippen LogP contribution in [0, 0.1) is 0 Å². The number of para-hydroxylation sites is 2. The summed E-state index contributed by atoms with van der Waals surface area (Å²) in [6.07, 6.45) is 2.20. The Bertz CT molecular complexity index is 795. The lowest BCUT2D eigenvalue weighted by Crippen LogP contribution is -2.37. The molecule has 0 bridgehead atoms. The summed E-state index contributed by atoms with van der Waals surface area (Å²) in [5.74, 6) is 0.176. The first kappa shape index (κ1) is 20.1. The molecule has 1 fully saturated rings. The van der Waals surface area contributed by atoms with Crippen molar-refractivity contribution in [2.75, 3.05) is 26.7 Å². The van der Waals surface area contributed by atoms with Crippen molar-refractivity contribution in [2.45, 2.75) is 25.5 Å². The Morgan fingerprint density at radius 2 is 1.71 bits per heavy atom. The van der Waals surface area contributed by atoms with Crippen molar-refractivity contribution in [1.29, 1.82) is 0 Å². The first-order valence-corrected chi connectivity index (χ1v) is 9.29. The lowest BCUT2D eigenvalue weighted by atomic mass is 10.0. The molecule has 0 aliphatic carbocycles. The highest BCUT2D eigenvalue weighted by atomic mass is 19.3. The van der Waals surface area contributed by atoms with Gasteiger partial charge in [-0.2, -0.15) is 8.78 Å². The van der Waals surface area contributed by atoms with Gasteiger partial charge in [0, 0.05) is 12.1 Å². The molecule has 1 amide bonds. The van der Waals surface area contributed by atoms with Crippen molar-refractivity contribution in [3.63, 3.8) is 0 Å². The third-order valence-corrected chi connectivity index (χ3v) is 4.88. The first-order valence-electron chi connectivity index (χ1n) is 9.29. The molecule has 3 rings (SSSR count). The molecular formula is C21H24F2N2O3. The van der Waals surface area contributed by atoms with Gasteiger partial charge < -0.3 is 14.8 Å². The Labute approximate surface area is 163 Å². The fourth-order valence-corrected chi connectivity index (χ4v) is 3.57. The highest BCUT2D eigenvalue weighted by molar-refractivity contribution is 5.96. The molecule has 1 N–H and O–H groups in total. The molecule has 1 heterocycles. The fraction of sp³-hybridized carbons (Fsp3) is 0.381. The van der Waals surface area contributed by atoms with Crippen LogP contribution in [0.15, 0.2) is 48.5 Å². The van der Waals surface area contributed by atoms with E-state index in [1.54, 1.807) is 19.2 Å². The van der Waals surface area contributed by atoms with Crippen molar-refractivity contribution in [2.24, 2.45) is 0 Å². The van der Waals surface area contributed by atoms with Gasteiger partial charge in [0.25, 0.3) is 5.91 Å². The van der Waals surface area contributed by atoms with E-state index in [-0.39, 0.29) is 17.4 Å². The van der Waals surface area contributed by atoms with Crippen LogP contribution in [0.2, 0.25) is 0 Å². The van der Waals surface area contributed by atoms with E-state index in [0.717, 1.165) is 37.2 Å². The third kappa shape index (κ3) is 4.78. The van der Waals surface area contributed by atoms with Gasteiger partial charge in [-0.1, -0.05) is 30.3 Å². The van der Waals surface area contributed by atoms with Gasteiger partial charge in [0.1, 0.15) is 11.5 Å². The molecule has 0 aromatic heterocycles. The van der Waals surface area contributed by atoms with Gasteiger partial charge in [-0.3, -0.25) is 9.69 Å². The number of methoxy groups -OCH3 is 1. The van der Waals surface area contributed by atoms with Gasteiger partial charge in [0.2, 0.25) is 0 Å². The number of carbonyl (C=O) groups is 1. The van der Waals surface area contributed by atoms with E-state index < -0.39 is 12.5 Å². The van der Waals surface area contributed by atoms with E-state index in [4.69, 9.17) is 4.74 Å². The van der Waals surface area contributed by atoms with E-state index in [0.29, 0.717) is 6.54 Å². The van der Waals surface area contributed by atoms with Gasteiger partial charge in [-0.15, -0.1) is 0 Å². The number of rotatable bonds is 8. The van der Waals surface area contributed by atoms with Crippen LogP contribution in [-0.4, -0.2) is 44.2 Å². The minimum absolute atomic E-state index is 0.0641. The number of hydrogen-bond donors (Lipinski definition) is 1. The highest BCUT2D eigenvalue weighted by Gasteiger charge is 2.27. The van der Waals surface area contributed by atoms with Gasteiger partial charge in [0.05, 0.1) is 18.7 Å². The van der Waals surface area contributed by atoms with Crippen molar-refractivity contribution >= 4 is 5.91 Å². The standard InChI is InChI=1S/C21H24F2N2O3/c1-27-18-10-4-2-8-15(18)17(25-12-6-7-13-25)14-24-20(26)16-9-3-5-11-19(16)28-21(22)23/h2-5,8-11,17,21H,6-7,12-14H2,1H3,(H,24,26)/t17-/m1/s1. The van der Waals surface area contributed by atoms with Crippen LogP contribution in [0.3, 0.4) is 0 Å². The van der Waals surface area contributed by atoms with Crippen LogP contribution < -0.4 is 14.8 Å². The number of ether oxygens (including phenoxy) is 2. The van der Waals surface area contributed by atoms with Gasteiger partial charge >= 0.3 is 6.61 Å². The molecule has 5 nitrogen and oxygen atoms in total. The number of carbonyl (C=O) groups excluding carboxylic acids is 1. The smallest absolute Gasteiger partial charge is 0.387 e. The number of amides is 1. The predicted octanol–water partition coefficient (Wildman–Crippen LogP) is 3.86. The number of alkyl halides is 2. The fourth-order valence-electron chi connectivity index (χ4n) is 3.57. The monoisotopic (exact) mass is 390 g/mol. The number of nitrogens with one attached hydrogen (secondary N) is 1. The molecule has 1 saturated heterocycles. The SMILES string of the molecule is COc1ccccc1[C@@H](CNC(=O)c1ccccc1OC(F)F)N1CCCC1. The molecule has 0 radical (unpaired) electrons. The van der Waals surface area contributed by atoms with Crippen molar-refractivity contribution < 1.29 is 23.0 Å². The summed E-state index contributed by atoms with van der Waals surface area (Å²) in [5.41, 5.74) is 1.08. The zero-order valence-corrected chi connectivity index (χ0v) is 15.7. The molecular weight excluding hydrogens is 366 g/mol. The minimum atomic E-state index is -2.99. The Balaban J connectivity index is 1.78. The van der Waals surface area contributed by atoms with Crippen molar-refractivity contribution in [1.82, 2.24) is 10.2 Å². The third-order valence-electron chi connectivity index (χ3n) is 4.88. The Morgan fingerprint density at radius 1 is 1.07 bits per heavy atom. The summed E-state index contributed by atoms with van der Waals surface area (Å²) in [6, 6.07) is 13.7. The summed E-state index contributed by atoms with van der Waals surface area (Å²) in [4.78, 5) is 15.0. The van der Waals surface area contributed by atoms with Gasteiger partial charge in [0.15, 0.2) is 0 Å². The maximum absolute atomic E-state index is 12.7.